The monoisotopic (exact) mass is 140 g/mol. The van der Waals surface area contributed by atoms with Crippen LogP contribution in [0.15, 0.2) is 0 Å². The molecule has 0 amide bonds. The van der Waals surface area contributed by atoms with Gasteiger partial charge in [-0.1, -0.05) is 33.4 Å². The Labute approximate surface area is 59.7 Å². The molecule has 0 saturated heterocycles. The topological polar surface area (TPSA) is 0 Å². The maximum Gasteiger partial charge on any atom is 0.134 e. The number of rotatable bonds is 2. The van der Waals surface area contributed by atoms with Crippen molar-refractivity contribution in [3.63, 3.8) is 0 Å². The van der Waals surface area contributed by atoms with E-state index in [9.17, 15) is 0 Å². The Hall–Kier alpha value is -0.223. The summed E-state index contributed by atoms with van der Waals surface area (Å²) < 4.78 is 0. The lowest BCUT2D eigenvalue weighted by Crippen LogP contribution is -2.28. The molecule has 0 nitrogen and oxygen atoms in total. The average Bonchev–Trinajstić information content (AvgIpc) is 1.86. The second kappa shape index (κ2) is 3.08. The van der Waals surface area contributed by atoms with Gasteiger partial charge in [0, 0.05) is 0 Å². The molecule has 1 unspecified atom stereocenters. The van der Waals surface area contributed by atoms with Gasteiger partial charge in [0.15, 0.2) is 0 Å². The van der Waals surface area contributed by atoms with Crippen molar-refractivity contribution >= 4 is 8.07 Å². The van der Waals surface area contributed by atoms with Gasteiger partial charge in [-0.3, -0.25) is 0 Å². The van der Waals surface area contributed by atoms with Gasteiger partial charge in [0.2, 0.25) is 0 Å². The van der Waals surface area contributed by atoms with Gasteiger partial charge >= 0.3 is 0 Å². The van der Waals surface area contributed by atoms with E-state index in [0.29, 0.717) is 0 Å². The second-order valence-electron chi connectivity index (χ2n) is 3.18. The second-order valence-corrected chi connectivity index (χ2v) is 7.89. The minimum atomic E-state index is -1.25. The molecule has 0 rings (SSSR count). The third-order valence-corrected chi connectivity index (χ3v) is 5.83. The Morgan fingerprint density at radius 2 is 2.00 bits per heavy atom. The van der Waals surface area contributed by atoms with Crippen molar-refractivity contribution in [1.29, 1.82) is 0 Å². The molecule has 0 aliphatic heterocycles. The van der Waals surface area contributed by atoms with Crippen molar-refractivity contribution < 1.29 is 0 Å². The van der Waals surface area contributed by atoms with Crippen LogP contribution in [0.4, 0.5) is 0 Å². The van der Waals surface area contributed by atoms with Crippen LogP contribution in [-0.2, 0) is 0 Å². The Bertz CT molecular complexity index is 119. The zero-order valence-electron chi connectivity index (χ0n) is 6.86. The predicted molar refractivity (Wildman–Crippen MR) is 46.0 cm³/mol. The van der Waals surface area contributed by atoms with E-state index >= 15 is 0 Å². The van der Waals surface area contributed by atoms with Crippen LogP contribution in [-0.4, -0.2) is 8.07 Å². The van der Waals surface area contributed by atoms with E-state index in [4.69, 9.17) is 6.42 Å². The van der Waals surface area contributed by atoms with Crippen LogP contribution in [0.5, 0.6) is 0 Å². The first kappa shape index (κ1) is 8.78. The van der Waals surface area contributed by atoms with Crippen molar-refractivity contribution in [3.05, 3.63) is 0 Å². The lowest BCUT2D eigenvalue weighted by molar-refractivity contribution is 0.849. The summed E-state index contributed by atoms with van der Waals surface area (Å²) in [6.07, 6.45) is 6.62. The van der Waals surface area contributed by atoms with Gasteiger partial charge in [0.1, 0.15) is 8.07 Å². The summed E-state index contributed by atoms with van der Waals surface area (Å²) in [5, 5.41) is 0. The maximum absolute atomic E-state index is 5.39. The normalized spacial score (nSPS) is 14.6. The molecule has 0 aliphatic carbocycles. The average molecular weight is 140 g/mol. The Balaban J connectivity index is 4.01. The van der Waals surface area contributed by atoms with Gasteiger partial charge < -0.3 is 0 Å². The van der Waals surface area contributed by atoms with Crippen molar-refractivity contribution in [2.45, 2.75) is 38.9 Å². The van der Waals surface area contributed by atoms with E-state index in [-0.39, 0.29) is 0 Å². The zero-order chi connectivity index (χ0) is 7.49. The van der Waals surface area contributed by atoms with Gasteiger partial charge in [-0.2, -0.15) is 0 Å². The first-order valence-corrected chi connectivity index (χ1v) is 6.60. The van der Waals surface area contributed by atoms with E-state index in [1.165, 1.54) is 6.42 Å². The third kappa shape index (κ3) is 2.23. The molecule has 0 aromatic rings. The van der Waals surface area contributed by atoms with E-state index in [0.717, 1.165) is 5.54 Å². The Morgan fingerprint density at radius 1 is 1.56 bits per heavy atom. The van der Waals surface area contributed by atoms with Gasteiger partial charge in [-0.25, -0.2) is 0 Å². The number of terminal acetylenes is 1. The smallest absolute Gasteiger partial charge is 0.134 e. The highest BCUT2D eigenvalue weighted by molar-refractivity contribution is 6.86. The minimum absolute atomic E-state index is 0.766. The molecule has 52 valence electrons. The standard InChI is InChI=1S/C8H16Si/c1-6-8(3)9(4,5)7-2/h2,8H,6H2,1,3-5H3. The van der Waals surface area contributed by atoms with Crippen LogP contribution in [0.1, 0.15) is 20.3 Å². The molecule has 1 heteroatoms. The summed E-state index contributed by atoms with van der Waals surface area (Å²) in [7, 11) is -1.25. The summed E-state index contributed by atoms with van der Waals surface area (Å²) in [6, 6.07) is 0. The van der Waals surface area contributed by atoms with E-state index in [2.05, 4.69) is 32.5 Å². The molecule has 0 bridgehead atoms. The molecule has 0 fully saturated rings. The molecular weight excluding hydrogens is 124 g/mol. The quantitative estimate of drug-likeness (QED) is 0.408. The molecule has 0 N–H and O–H groups in total. The van der Waals surface area contributed by atoms with Gasteiger partial charge in [-0.05, 0) is 5.54 Å². The zero-order valence-corrected chi connectivity index (χ0v) is 7.86. The van der Waals surface area contributed by atoms with Crippen molar-refractivity contribution in [2.75, 3.05) is 0 Å². The predicted octanol–water partition coefficient (Wildman–Crippen LogP) is 2.67. The fourth-order valence-electron chi connectivity index (χ4n) is 0.653. The molecule has 0 aliphatic rings. The SMILES string of the molecule is C#C[Si](C)(C)C(C)CC. The molecule has 0 radical (unpaired) electrons. The summed E-state index contributed by atoms with van der Waals surface area (Å²) in [5.41, 5.74) is 3.70. The number of hydrogen-bond acceptors (Lipinski definition) is 0. The first-order chi connectivity index (χ1) is 4.04. The van der Waals surface area contributed by atoms with Gasteiger partial charge in [-0.15, -0.1) is 12.0 Å². The van der Waals surface area contributed by atoms with Gasteiger partial charge in [0.25, 0.3) is 0 Å². The Kier molecular flexibility index (Phi) is 3.00. The highest BCUT2D eigenvalue weighted by Gasteiger charge is 2.23. The molecule has 1 atom stereocenters. The van der Waals surface area contributed by atoms with Crippen LogP contribution in [0.2, 0.25) is 18.6 Å². The summed E-state index contributed by atoms with van der Waals surface area (Å²) in [6.45, 7) is 8.96. The van der Waals surface area contributed by atoms with Crippen molar-refractivity contribution in [2.24, 2.45) is 0 Å². The van der Waals surface area contributed by atoms with E-state index < -0.39 is 8.07 Å². The molecular formula is C8H16Si. The highest BCUT2D eigenvalue weighted by atomic mass is 28.3. The highest BCUT2D eigenvalue weighted by Crippen LogP contribution is 2.22. The molecule has 9 heavy (non-hydrogen) atoms. The van der Waals surface area contributed by atoms with Crippen molar-refractivity contribution in [1.82, 2.24) is 0 Å². The van der Waals surface area contributed by atoms with Gasteiger partial charge in [0.05, 0.1) is 0 Å². The summed E-state index contributed by atoms with van der Waals surface area (Å²) >= 11 is 0. The maximum atomic E-state index is 5.39. The van der Waals surface area contributed by atoms with Crippen LogP contribution < -0.4 is 0 Å². The van der Waals surface area contributed by atoms with E-state index in [1.807, 2.05) is 0 Å². The number of hydrogen-bond donors (Lipinski definition) is 0. The third-order valence-electron chi connectivity index (χ3n) is 2.22. The summed E-state index contributed by atoms with van der Waals surface area (Å²) in [5.74, 6) is 0. The van der Waals surface area contributed by atoms with E-state index in [1.54, 1.807) is 0 Å². The lowest BCUT2D eigenvalue weighted by atomic mass is 10.4. The lowest BCUT2D eigenvalue weighted by Gasteiger charge is -2.21. The van der Waals surface area contributed by atoms with Crippen LogP contribution in [0.25, 0.3) is 0 Å². The molecule has 0 heterocycles. The molecule has 0 aromatic carbocycles. The molecule has 0 spiro atoms. The molecule has 0 saturated carbocycles. The first-order valence-electron chi connectivity index (χ1n) is 3.52. The molecule has 0 aromatic heterocycles. The Morgan fingerprint density at radius 3 is 2.11 bits per heavy atom. The fourth-order valence-corrected chi connectivity index (χ4v) is 1.96. The van der Waals surface area contributed by atoms with Crippen LogP contribution >= 0.6 is 0 Å². The van der Waals surface area contributed by atoms with Crippen LogP contribution in [0, 0.1) is 12.0 Å². The fraction of sp³-hybridized carbons (Fsp3) is 0.750. The van der Waals surface area contributed by atoms with Crippen LogP contribution in [0.3, 0.4) is 0 Å². The van der Waals surface area contributed by atoms with Crippen molar-refractivity contribution in [3.8, 4) is 12.0 Å². The minimum Gasteiger partial charge on any atom is -0.135 e. The largest absolute Gasteiger partial charge is 0.135 e. The summed E-state index contributed by atoms with van der Waals surface area (Å²) in [4.78, 5) is 0.